The van der Waals surface area contributed by atoms with Gasteiger partial charge in [0.25, 0.3) is 5.71 Å². The van der Waals surface area contributed by atoms with Crippen molar-refractivity contribution in [3.8, 4) is 0 Å². The van der Waals surface area contributed by atoms with Gasteiger partial charge in [0.2, 0.25) is 6.04 Å². The van der Waals surface area contributed by atoms with Crippen molar-refractivity contribution in [2.24, 2.45) is 0 Å². The van der Waals surface area contributed by atoms with Gasteiger partial charge in [0, 0.05) is 17.3 Å². The average molecular weight is 431 g/mol. The Labute approximate surface area is 185 Å². The number of nitrogens with one attached hydrogen (secondary N) is 1. The minimum atomic E-state index is -0.780. The number of hydrogen-bond donors (Lipinski definition) is 1. The van der Waals surface area contributed by atoms with E-state index in [1.165, 1.54) is 14.2 Å². The minimum Gasteiger partial charge on any atom is -0.465 e. The van der Waals surface area contributed by atoms with Gasteiger partial charge in [0.05, 0.1) is 14.2 Å². The summed E-state index contributed by atoms with van der Waals surface area (Å²) in [6, 6.07) is 12.5. The van der Waals surface area contributed by atoms with E-state index < -0.39 is 23.9 Å². The molecule has 0 fully saturated rings. The van der Waals surface area contributed by atoms with E-state index in [-0.39, 0.29) is 16.9 Å². The van der Waals surface area contributed by atoms with Gasteiger partial charge in [0.1, 0.15) is 5.57 Å². The number of fused-ring (bicyclic) bond motifs is 3. The number of ether oxygens (including phenoxy) is 2. The van der Waals surface area contributed by atoms with Crippen molar-refractivity contribution in [1.82, 2.24) is 0 Å². The number of methoxy groups -OCH3 is 2. The first-order valence-corrected chi connectivity index (χ1v) is 10.1. The summed E-state index contributed by atoms with van der Waals surface area (Å²) < 4.78 is 11.6. The van der Waals surface area contributed by atoms with Crippen LogP contribution < -0.4 is 5.32 Å². The topological polar surface area (TPSA) is 84.7 Å². The average Bonchev–Trinajstić information content (AvgIpc) is 3.16. The highest BCUT2D eigenvalue weighted by Gasteiger charge is 2.52. The number of para-hydroxylation sites is 1. The molecular formula is C25H23N2O5+. The summed E-state index contributed by atoms with van der Waals surface area (Å²) in [5.41, 5.74) is 4.09. The number of esters is 2. The molecule has 0 saturated heterocycles. The van der Waals surface area contributed by atoms with E-state index in [1.54, 1.807) is 10.8 Å². The molecule has 0 aromatic heterocycles. The fourth-order valence-electron chi connectivity index (χ4n) is 4.25. The summed E-state index contributed by atoms with van der Waals surface area (Å²) in [5, 5.41) is 2.92. The minimum absolute atomic E-state index is 0.0376. The van der Waals surface area contributed by atoms with Crippen molar-refractivity contribution in [2.75, 3.05) is 19.5 Å². The highest BCUT2D eigenvalue weighted by atomic mass is 16.5. The molecular weight excluding hydrogens is 408 g/mol. The highest BCUT2D eigenvalue weighted by molar-refractivity contribution is 6.53. The molecule has 1 amide bonds. The van der Waals surface area contributed by atoms with Crippen LogP contribution in [0.15, 0.2) is 59.8 Å². The molecule has 2 aliphatic rings. The van der Waals surface area contributed by atoms with Crippen molar-refractivity contribution in [3.05, 3.63) is 82.1 Å². The van der Waals surface area contributed by atoms with Crippen LogP contribution >= 0.6 is 0 Å². The molecule has 7 nitrogen and oxygen atoms in total. The van der Waals surface area contributed by atoms with E-state index >= 15 is 0 Å². The third kappa shape index (κ3) is 3.32. The molecule has 32 heavy (non-hydrogen) atoms. The molecule has 2 aromatic carbocycles. The Balaban J connectivity index is 1.94. The molecule has 2 aromatic rings. The monoisotopic (exact) mass is 431 g/mol. The maximum atomic E-state index is 13.6. The molecule has 162 valence electrons. The maximum Gasteiger partial charge on any atom is 0.345 e. The summed E-state index contributed by atoms with van der Waals surface area (Å²) in [4.78, 5) is 39.3. The lowest BCUT2D eigenvalue weighted by Crippen LogP contribution is -2.33. The Kier molecular flexibility index (Phi) is 5.48. The lowest BCUT2D eigenvalue weighted by Gasteiger charge is -2.17. The van der Waals surface area contributed by atoms with Crippen LogP contribution in [0.1, 0.15) is 28.3 Å². The van der Waals surface area contributed by atoms with Gasteiger partial charge in [-0.3, -0.25) is 4.79 Å². The molecule has 0 aliphatic carbocycles. The molecule has 0 radical (unpaired) electrons. The second-order valence-corrected chi connectivity index (χ2v) is 7.60. The lowest BCUT2D eigenvalue weighted by atomic mass is 9.91. The second kappa shape index (κ2) is 8.26. The first-order chi connectivity index (χ1) is 15.4. The van der Waals surface area contributed by atoms with Crippen molar-refractivity contribution in [1.29, 1.82) is 0 Å². The number of amides is 1. The molecule has 4 rings (SSSR count). The van der Waals surface area contributed by atoms with Gasteiger partial charge < -0.3 is 14.8 Å². The standard InChI is InChI=1S/C25H22N2O5/c1-14-8-7-9-15(2)20(14)26-23(28)22-19(25(30)32-4)18(24(29)31-3)21-17-11-6-5-10-16(17)12-13-27(21)22/h5-13,21H,1-4H3/p+1. The van der Waals surface area contributed by atoms with Crippen LogP contribution in [0.4, 0.5) is 5.69 Å². The number of aryl methyl sites for hydroxylation is 2. The number of hydrogen-bond acceptors (Lipinski definition) is 5. The molecule has 0 spiro atoms. The molecule has 0 saturated carbocycles. The van der Waals surface area contributed by atoms with Gasteiger partial charge in [-0.15, -0.1) is 0 Å². The summed E-state index contributed by atoms with van der Waals surface area (Å²) in [6.07, 6.45) is 3.54. The van der Waals surface area contributed by atoms with Gasteiger partial charge in [0.15, 0.2) is 11.8 Å². The van der Waals surface area contributed by atoms with Crippen LogP contribution in [0.25, 0.3) is 6.08 Å². The number of rotatable bonds is 4. The van der Waals surface area contributed by atoms with Crippen LogP contribution in [-0.4, -0.2) is 42.4 Å². The molecule has 7 heteroatoms. The number of benzene rings is 2. The molecule has 2 heterocycles. The summed E-state index contributed by atoms with van der Waals surface area (Å²) in [6.45, 7) is 3.78. The largest absolute Gasteiger partial charge is 0.465 e. The maximum absolute atomic E-state index is 13.6. The summed E-state index contributed by atoms with van der Waals surface area (Å²) >= 11 is 0. The molecule has 2 aliphatic heterocycles. The van der Waals surface area contributed by atoms with Gasteiger partial charge in [-0.05, 0) is 30.5 Å². The lowest BCUT2D eigenvalue weighted by molar-refractivity contribution is -0.489. The third-order valence-electron chi connectivity index (χ3n) is 5.75. The number of carbonyl (C=O) groups is 3. The van der Waals surface area contributed by atoms with Crippen molar-refractivity contribution < 1.29 is 28.4 Å². The van der Waals surface area contributed by atoms with Gasteiger partial charge >= 0.3 is 17.8 Å². The number of nitrogens with zero attached hydrogens (tertiary/aromatic N) is 1. The van der Waals surface area contributed by atoms with E-state index in [4.69, 9.17) is 9.47 Å². The first-order valence-electron chi connectivity index (χ1n) is 10.1. The predicted octanol–water partition coefficient (Wildman–Crippen LogP) is 3.08. The number of anilines is 1. The van der Waals surface area contributed by atoms with Crippen LogP contribution in [0, 0.1) is 13.8 Å². The molecule has 1 atom stereocenters. The van der Waals surface area contributed by atoms with Gasteiger partial charge in [-0.2, -0.15) is 4.58 Å². The summed E-state index contributed by atoms with van der Waals surface area (Å²) in [7, 11) is 2.46. The fraction of sp³-hybridized carbons (Fsp3) is 0.200. The molecule has 1 N–H and O–H groups in total. The van der Waals surface area contributed by atoms with Crippen LogP contribution in [0.5, 0.6) is 0 Å². The first kappa shape index (κ1) is 21.2. The second-order valence-electron chi connectivity index (χ2n) is 7.60. The Morgan fingerprint density at radius 3 is 2.22 bits per heavy atom. The quantitative estimate of drug-likeness (QED) is 0.594. The Morgan fingerprint density at radius 2 is 1.56 bits per heavy atom. The summed E-state index contributed by atoms with van der Waals surface area (Å²) in [5.74, 6) is -1.99. The fourth-order valence-corrected chi connectivity index (χ4v) is 4.25. The van der Waals surface area contributed by atoms with E-state index in [9.17, 15) is 14.4 Å². The Bertz CT molecular complexity index is 1230. The zero-order valence-corrected chi connectivity index (χ0v) is 18.3. The zero-order valence-electron chi connectivity index (χ0n) is 18.3. The van der Waals surface area contributed by atoms with E-state index in [0.29, 0.717) is 5.69 Å². The smallest absolute Gasteiger partial charge is 0.345 e. The molecule has 1 unspecified atom stereocenters. The van der Waals surface area contributed by atoms with Crippen LogP contribution in [0.3, 0.4) is 0 Å². The van der Waals surface area contributed by atoms with Crippen LogP contribution in [-0.2, 0) is 23.9 Å². The van der Waals surface area contributed by atoms with Gasteiger partial charge in [-0.25, -0.2) is 9.59 Å². The third-order valence-corrected chi connectivity index (χ3v) is 5.75. The van der Waals surface area contributed by atoms with Crippen LogP contribution in [0.2, 0.25) is 0 Å². The Hall–Kier alpha value is -4.00. The molecule has 0 bridgehead atoms. The van der Waals surface area contributed by atoms with Crippen molar-refractivity contribution in [2.45, 2.75) is 19.9 Å². The van der Waals surface area contributed by atoms with E-state index in [1.807, 2.05) is 62.4 Å². The Morgan fingerprint density at radius 1 is 0.906 bits per heavy atom. The zero-order chi connectivity index (χ0) is 23.0. The van der Waals surface area contributed by atoms with Crippen molar-refractivity contribution >= 4 is 35.3 Å². The SMILES string of the molecule is COC(=O)C1=C(C(=O)OC)C2c3ccccc3C=C[N+]2=C1C(=O)Nc1c(C)cccc1C. The van der Waals surface area contributed by atoms with Crippen molar-refractivity contribution in [3.63, 3.8) is 0 Å². The number of carbonyl (C=O) groups excluding carboxylic acids is 3. The predicted molar refractivity (Wildman–Crippen MR) is 119 cm³/mol. The van der Waals surface area contributed by atoms with E-state index in [2.05, 4.69) is 5.32 Å². The normalized spacial score (nSPS) is 16.4. The van der Waals surface area contributed by atoms with Gasteiger partial charge in [-0.1, -0.05) is 42.5 Å². The highest BCUT2D eigenvalue weighted by Crippen LogP contribution is 2.40. The van der Waals surface area contributed by atoms with E-state index in [0.717, 1.165) is 22.3 Å².